The van der Waals surface area contributed by atoms with Crippen molar-refractivity contribution < 1.29 is 5.11 Å². The van der Waals surface area contributed by atoms with Gasteiger partial charge in [0.15, 0.2) is 0 Å². The molecule has 0 amide bonds. The third kappa shape index (κ3) is 3.95. The van der Waals surface area contributed by atoms with Crippen molar-refractivity contribution in [3.8, 4) is 5.75 Å². The van der Waals surface area contributed by atoms with Gasteiger partial charge in [0.2, 0.25) is 0 Å². The van der Waals surface area contributed by atoms with Gasteiger partial charge in [-0.3, -0.25) is 0 Å². The van der Waals surface area contributed by atoms with E-state index in [1.54, 1.807) is 12.1 Å². The van der Waals surface area contributed by atoms with E-state index in [4.69, 9.17) is 10.8 Å². The Labute approximate surface area is 79.4 Å². The van der Waals surface area contributed by atoms with Gasteiger partial charge in [0, 0.05) is 6.04 Å². The van der Waals surface area contributed by atoms with Crippen LogP contribution in [0.4, 0.5) is 0 Å². The summed E-state index contributed by atoms with van der Waals surface area (Å²) in [5, 5.41) is 8.76. The Morgan fingerprint density at radius 2 is 1.69 bits per heavy atom. The van der Waals surface area contributed by atoms with Gasteiger partial charge in [0.1, 0.15) is 5.75 Å². The Kier molecular flexibility index (Phi) is 3.77. The Hall–Kier alpha value is -1.02. The molecule has 72 valence electrons. The van der Waals surface area contributed by atoms with Gasteiger partial charge in [-0.15, -0.1) is 0 Å². The van der Waals surface area contributed by atoms with Crippen LogP contribution < -0.4 is 5.73 Å². The Morgan fingerprint density at radius 3 is 1.92 bits per heavy atom. The predicted molar refractivity (Wildman–Crippen MR) is 54.7 cm³/mol. The van der Waals surface area contributed by atoms with Crippen molar-refractivity contribution in [1.82, 2.24) is 0 Å². The number of nitrogens with two attached hydrogens (primary N) is 1. The zero-order chi connectivity index (χ0) is 9.68. The summed E-state index contributed by atoms with van der Waals surface area (Å²) in [7, 11) is 0. The number of phenols is 1. The first-order valence-electron chi connectivity index (χ1n) is 4.69. The molecule has 0 aromatic heterocycles. The van der Waals surface area contributed by atoms with Gasteiger partial charge >= 0.3 is 0 Å². The molecule has 2 rings (SSSR count). The molecule has 0 unspecified atom stereocenters. The van der Waals surface area contributed by atoms with Crippen molar-refractivity contribution in [1.29, 1.82) is 0 Å². The topological polar surface area (TPSA) is 46.2 Å². The smallest absolute Gasteiger partial charge is 0.115 e. The molecule has 1 aliphatic carbocycles. The molecular formula is C11H17NO. The van der Waals surface area contributed by atoms with E-state index in [0.717, 1.165) is 0 Å². The molecule has 1 saturated carbocycles. The second-order valence-corrected chi connectivity index (χ2v) is 3.53. The van der Waals surface area contributed by atoms with Gasteiger partial charge in [-0.05, 0) is 31.9 Å². The molecule has 13 heavy (non-hydrogen) atoms. The molecule has 0 saturated heterocycles. The minimum atomic E-state index is 0.329. The molecule has 1 aromatic rings. The average Bonchev–Trinajstić information content (AvgIpc) is 2.08. The summed E-state index contributed by atoms with van der Waals surface area (Å²) in [6.07, 6.45) is 3.89. The monoisotopic (exact) mass is 179 g/mol. The van der Waals surface area contributed by atoms with Crippen LogP contribution in [0.1, 0.15) is 24.8 Å². The van der Waals surface area contributed by atoms with E-state index in [9.17, 15) is 0 Å². The number of phenolic OH excluding ortho intramolecular Hbond substituents is 1. The molecule has 0 bridgehead atoms. The van der Waals surface area contributed by atoms with Crippen LogP contribution in [0.25, 0.3) is 0 Å². The first kappa shape index (κ1) is 10.1. The second kappa shape index (κ2) is 4.87. The molecule has 0 heterocycles. The van der Waals surface area contributed by atoms with Gasteiger partial charge in [-0.1, -0.05) is 24.1 Å². The van der Waals surface area contributed by atoms with E-state index in [1.807, 2.05) is 19.1 Å². The SMILES string of the molecule is Cc1ccc(O)cc1.NC1CCC1. The molecule has 2 nitrogen and oxygen atoms in total. The van der Waals surface area contributed by atoms with E-state index in [1.165, 1.54) is 24.8 Å². The fourth-order valence-corrected chi connectivity index (χ4v) is 0.985. The van der Waals surface area contributed by atoms with E-state index in [2.05, 4.69) is 0 Å². The molecule has 1 fully saturated rings. The van der Waals surface area contributed by atoms with Crippen LogP contribution in [-0.4, -0.2) is 11.1 Å². The lowest BCUT2D eigenvalue weighted by molar-refractivity contribution is 0.418. The van der Waals surface area contributed by atoms with E-state index in [0.29, 0.717) is 11.8 Å². The number of hydrogen-bond donors (Lipinski definition) is 2. The number of benzene rings is 1. The highest BCUT2D eigenvalue weighted by molar-refractivity contribution is 5.24. The molecule has 0 atom stereocenters. The van der Waals surface area contributed by atoms with Crippen molar-refractivity contribution in [3.05, 3.63) is 29.8 Å². The van der Waals surface area contributed by atoms with Gasteiger partial charge in [-0.25, -0.2) is 0 Å². The molecule has 0 spiro atoms. The van der Waals surface area contributed by atoms with Crippen molar-refractivity contribution >= 4 is 0 Å². The molecule has 3 N–H and O–H groups in total. The maximum atomic E-state index is 8.76. The van der Waals surface area contributed by atoms with Crippen LogP contribution in [-0.2, 0) is 0 Å². The molecule has 1 aromatic carbocycles. The highest BCUT2D eigenvalue weighted by atomic mass is 16.3. The zero-order valence-electron chi connectivity index (χ0n) is 8.03. The van der Waals surface area contributed by atoms with Gasteiger partial charge < -0.3 is 10.8 Å². The van der Waals surface area contributed by atoms with E-state index < -0.39 is 0 Å². The fraction of sp³-hybridized carbons (Fsp3) is 0.455. The molecule has 0 radical (unpaired) electrons. The average molecular weight is 179 g/mol. The first-order chi connectivity index (χ1) is 6.18. The third-order valence-corrected chi connectivity index (χ3v) is 2.18. The lowest BCUT2D eigenvalue weighted by atomic mass is 9.95. The summed E-state index contributed by atoms with van der Waals surface area (Å²) in [6.45, 7) is 1.99. The summed E-state index contributed by atoms with van der Waals surface area (Å²) in [4.78, 5) is 0. The normalized spacial score (nSPS) is 15.5. The van der Waals surface area contributed by atoms with Crippen LogP contribution in [0.2, 0.25) is 0 Å². The Morgan fingerprint density at radius 1 is 1.23 bits per heavy atom. The Balaban J connectivity index is 0.000000145. The largest absolute Gasteiger partial charge is 0.508 e. The number of aromatic hydroxyl groups is 1. The Bertz CT molecular complexity index is 218. The fourth-order valence-electron chi connectivity index (χ4n) is 0.985. The standard InChI is InChI=1S/C7H8O.C4H9N/c1-6-2-4-7(8)5-3-6;5-4-2-1-3-4/h2-5,8H,1H3;4H,1-3,5H2. The first-order valence-corrected chi connectivity index (χ1v) is 4.69. The summed E-state index contributed by atoms with van der Waals surface area (Å²) in [5.74, 6) is 0.329. The molecule has 1 aliphatic rings. The number of hydrogen-bond acceptors (Lipinski definition) is 2. The van der Waals surface area contributed by atoms with Gasteiger partial charge in [-0.2, -0.15) is 0 Å². The van der Waals surface area contributed by atoms with Crippen molar-refractivity contribution in [2.24, 2.45) is 5.73 Å². The molecular weight excluding hydrogens is 162 g/mol. The van der Waals surface area contributed by atoms with E-state index >= 15 is 0 Å². The summed E-state index contributed by atoms with van der Waals surface area (Å²) < 4.78 is 0. The molecule has 0 aliphatic heterocycles. The number of aryl methyl sites for hydroxylation is 1. The minimum absolute atomic E-state index is 0.329. The van der Waals surface area contributed by atoms with Crippen LogP contribution in [0.15, 0.2) is 24.3 Å². The lowest BCUT2D eigenvalue weighted by Crippen LogP contribution is -2.27. The third-order valence-electron chi connectivity index (χ3n) is 2.18. The maximum absolute atomic E-state index is 8.76. The maximum Gasteiger partial charge on any atom is 0.115 e. The summed E-state index contributed by atoms with van der Waals surface area (Å²) in [6, 6.07) is 7.66. The highest BCUT2D eigenvalue weighted by Gasteiger charge is 2.09. The van der Waals surface area contributed by atoms with Gasteiger partial charge in [0.25, 0.3) is 0 Å². The van der Waals surface area contributed by atoms with Crippen molar-refractivity contribution in [3.63, 3.8) is 0 Å². The van der Waals surface area contributed by atoms with Crippen LogP contribution in [0.3, 0.4) is 0 Å². The summed E-state index contributed by atoms with van der Waals surface area (Å²) >= 11 is 0. The van der Waals surface area contributed by atoms with Crippen LogP contribution in [0, 0.1) is 6.92 Å². The highest BCUT2D eigenvalue weighted by Crippen LogP contribution is 2.14. The zero-order valence-corrected chi connectivity index (χ0v) is 8.03. The number of rotatable bonds is 0. The van der Waals surface area contributed by atoms with Crippen LogP contribution >= 0.6 is 0 Å². The minimum Gasteiger partial charge on any atom is -0.508 e. The van der Waals surface area contributed by atoms with Crippen molar-refractivity contribution in [2.45, 2.75) is 32.2 Å². The summed E-state index contributed by atoms with van der Waals surface area (Å²) in [5.41, 5.74) is 6.55. The van der Waals surface area contributed by atoms with Gasteiger partial charge in [0.05, 0.1) is 0 Å². The molecule has 2 heteroatoms. The quantitative estimate of drug-likeness (QED) is 0.641. The predicted octanol–water partition coefficient (Wildman–Crippen LogP) is 2.20. The second-order valence-electron chi connectivity index (χ2n) is 3.53. The van der Waals surface area contributed by atoms with E-state index in [-0.39, 0.29) is 0 Å². The van der Waals surface area contributed by atoms with Crippen molar-refractivity contribution in [2.75, 3.05) is 0 Å². The van der Waals surface area contributed by atoms with Crippen LogP contribution in [0.5, 0.6) is 5.75 Å². The lowest BCUT2D eigenvalue weighted by Gasteiger charge is -2.18.